The van der Waals surface area contributed by atoms with E-state index in [4.69, 9.17) is 5.11 Å². The fourth-order valence-electron chi connectivity index (χ4n) is 3.53. The van der Waals surface area contributed by atoms with Gasteiger partial charge < -0.3 is 15.3 Å². The molecule has 1 aromatic carbocycles. The Bertz CT molecular complexity index is 691. The molecule has 1 saturated heterocycles. The maximum atomic E-state index is 14.1. The number of carboxylic acid groups (broad SMARTS) is 1. The summed E-state index contributed by atoms with van der Waals surface area (Å²) >= 11 is 0. The second-order valence-electron chi connectivity index (χ2n) is 6.76. The van der Waals surface area contributed by atoms with Gasteiger partial charge in [0, 0.05) is 31.5 Å². The number of piperidine rings is 1. The average Bonchev–Trinajstić information content (AvgIpc) is 2.59. The number of halogens is 2. The predicted molar refractivity (Wildman–Crippen MR) is 93.8 cm³/mol. The summed E-state index contributed by atoms with van der Waals surface area (Å²) in [5.41, 5.74) is -0.347. The molecule has 2 amide bonds. The van der Waals surface area contributed by atoms with E-state index in [2.05, 4.69) is 5.32 Å². The molecule has 6 nitrogen and oxygen atoms in total. The van der Waals surface area contributed by atoms with Gasteiger partial charge in [0.2, 0.25) is 11.8 Å². The van der Waals surface area contributed by atoms with E-state index in [0.717, 1.165) is 25.0 Å². The third kappa shape index (κ3) is 5.74. The summed E-state index contributed by atoms with van der Waals surface area (Å²) in [5, 5.41) is 11.3. The molecule has 0 aliphatic carbocycles. The number of rotatable bonds is 7. The largest absolute Gasteiger partial charge is 0.481 e. The van der Waals surface area contributed by atoms with E-state index in [9.17, 15) is 23.2 Å². The van der Waals surface area contributed by atoms with Crippen molar-refractivity contribution in [3.63, 3.8) is 0 Å². The smallest absolute Gasteiger partial charge is 0.303 e. The normalized spacial score (nSPS) is 18.0. The van der Waals surface area contributed by atoms with Gasteiger partial charge >= 0.3 is 5.97 Å². The number of carboxylic acids is 1. The number of hydrogen-bond donors (Lipinski definition) is 2. The van der Waals surface area contributed by atoms with Crippen molar-refractivity contribution < 1.29 is 28.3 Å². The van der Waals surface area contributed by atoms with Crippen LogP contribution in [0.4, 0.5) is 8.78 Å². The van der Waals surface area contributed by atoms with Crippen LogP contribution < -0.4 is 5.32 Å². The van der Waals surface area contributed by atoms with Gasteiger partial charge in [0.05, 0.1) is 12.5 Å². The second kappa shape index (κ2) is 9.43. The molecule has 1 aliphatic rings. The minimum absolute atomic E-state index is 0.0501. The summed E-state index contributed by atoms with van der Waals surface area (Å²) in [7, 11) is 0. The van der Waals surface area contributed by atoms with Gasteiger partial charge in [-0.1, -0.05) is 6.07 Å². The Morgan fingerprint density at radius 1 is 1.26 bits per heavy atom. The summed E-state index contributed by atoms with van der Waals surface area (Å²) in [6, 6.07) is 2.03. The first-order valence-electron chi connectivity index (χ1n) is 9.02. The van der Waals surface area contributed by atoms with E-state index >= 15 is 0 Å². The van der Waals surface area contributed by atoms with Crippen LogP contribution in [0.2, 0.25) is 0 Å². The Morgan fingerprint density at radius 3 is 2.52 bits per heavy atom. The molecule has 2 atom stereocenters. The molecule has 0 radical (unpaired) electrons. The highest BCUT2D eigenvalue weighted by molar-refractivity contribution is 5.79. The van der Waals surface area contributed by atoms with Crippen molar-refractivity contribution in [3.8, 4) is 0 Å². The van der Waals surface area contributed by atoms with E-state index in [-0.39, 0.29) is 30.4 Å². The number of likely N-dealkylation sites (tertiary alicyclic amines) is 1. The summed E-state index contributed by atoms with van der Waals surface area (Å²) in [6.45, 7) is 1.68. The molecule has 1 aromatic rings. The molecule has 8 heteroatoms. The van der Waals surface area contributed by atoms with E-state index in [0.29, 0.717) is 19.4 Å². The predicted octanol–water partition coefficient (Wildman–Crippen LogP) is 2.78. The Kier molecular flexibility index (Phi) is 7.27. The van der Waals surface area contributed by atoms with Crippen molar-refractivity contribution in [1.29, 1.82) is 0 Å². The van der Waals surface area contributed by atoms with Crippen LogP contribution in [0.3, 0.4) is 0 Å². The molecule has 0 unspecified atom stereocenters. The molecule has 2 N–H and O–H groups in total. The van der Waals surface area contributed by atoms with E-state index in [1.54, 1.807) is 4.90 Å². The lowest BCUT2D eigenvalue weighted by atomic mass is 9.95. The summed E-state index contributed by atoms with van der Waals surface area (Å²) in [5.74, 6) is -3.45. The fourth-order valence-corrected chi connectivity index (χ4v) is 3.53. The van der Waals surface area contributed by atoms with Crippen molar-refractivity contribution in [2.24, 2.45) is 0 Å². The standard InChI is InChI=1S/C19H24F2N2O4/c1-12(24)22-16(19-14(20)6-4-7-15(19)21)11-17(25)23-10-3-2-5-13(23)8-9-18(26)27/h4,6-7,13,16H,2-3,5,8-11H2,1H3,(H,22,24)(H,26,27)/t13-,16-/m1/s1. The van der Waals surface area contributed by atoms with Crippen LogP contribution in [0.15, 0.2) is 18.2 Å². The molecular weight excluding hydrogens is 358 g/mol. The Morgan fingerprint density at radius 2 is 1.93 bits per heavy atom. The minimum atomic E-state index is -1.13. The number of carbonyl (C=O) groups excluding carboxylic acids is 2. The number of hydrogen-bond acceptors (Lipinski definition) is 3. The van der Waals surface area contributed by atoms with Crippen LogP contribution in [-0.2, 0) is 14.4 Å². The molecule has 0 saturated carbocycles. The van der Waals surface area contributed by atoms with Crippen LogP contribution >= 0.6 is 0 Å². The molecule has 148 valence electrons. The molecular formula is C19H24F2N2O4. The third-order valence-electron chi connectivity index (χ3n) is 4.74. The number of aliphatic carboxylic acids is 1. The van der Waals surface area contributed by atoms with E-state index < -0.39 is 29.6 Å². The number of carbonyl (C=O) groups is 3. The van der Waals surface area contributed by atoms with Gasteiger partial charge in [-0.05, 0) is 37.8 Å². The van der Waals surface area contributed by atoms with Crippen LogP contribution in [0.1, 0.15) is 57.1 Å². The molecule has 2 rings (SSSR count). The first kappa shape index (κ1) is 20.8. The molecule has 1 heterocycles. The van der Waals surface area contributed by atoms with Gasteiger partial charge in [-0.3, -0.25) is 14.4 Å². The minimum Gasteiger partial charge on any atom is -0.481 e. The van der Waals surface area contributed by atoms with Crippen LogP contribution in [0.5, 0.6) is 0 Å². The van der Waals surface area contributed by atoms with Gasteiger partial charge in [-0.2, -0.15) is 0 Å². The van der Waals surface area contributed by atoms with Gasteiger partial charge in [0.25, 0.3) is 0 Å². The monoisotopic (exact) mass is 382 g/mol. The van der Waals surface area contributed by atoms with Crippen molar-refractivity contribution in [2.45, 2.75) is 57.5 Å². The topological polar surface area (TPSA) is 86.7 Å². The zero-order valence-electron chi connectivity index (χ0n) is 15.2. The molecule has 1 aliphatic heterocycles. The zero-order chi connectivity index (χ0) is 20.0. The van der Waals surface area contributed by atoms with Crippen LogP contribution in [0, 0.1) is 11.6 Å². The number of amides is 2. The highest BCUT2D eigenvalue weighted by Crippen LogP contribution is 2.27. The molecule has 0 spiro atoms. The number of nitrogens with one attached hydrogen (secondary N) is 1. The van der Waals surface area contributed by atoms with Gasteiger partial charge in [-0.25, -0.2) is 8.78 Å². The highest BCUT2D eigenvalue weighted by atomic mass is 19.1. The summed E-state index contributed by atoms with van der Waals surface area (Å²) < 4.78 is 28.3. The Labute approximate surface area is 156 Å². The lowest BCUT2D eigenvalue weighted by molar-refractivity contribution is -0.140. The zero-order valence-corrected chi connectivity index (χ0v) is 15.2. The lowest BCUT2D eigenvalue weighted by Crippen LogP contribution is -2.45. The van der Waals surface area contributed by atoms with Gasteiger partial charge in [0.15, 0.2) is 0 Å². The maximum absolute atomic E-state index is 14.1. The molecule has 27 heavy (non-hydrogen) atoms. The fraction of sp³-hybridized carbons (Fsp3) is 0.526. The Balaban J connectivity index is 2.19. The van der Waals surface area contributed by atoms with Gasteiger partial charge in [-0.15, -0.1) is 0 Å². The first-order chi connectivity index (χ1) is 12.8. The molecule has 1 fully saturated rings. The summed E-state index contributed by atoms with van der Waals surface area (Å²) in [4.78, 5) is 36.8. The maximum Gasteiger partial charge on any atom is 0.303 e. The summed E-state index contributed by atoms with van der Waals surface area (Å²) in [6.07, 6.45) is 2.36. The van der Waals surface area contributed by atoms with E-state index in [1.165, 1.54) is 13.0 Å². The van der Waals surface area contributed by atoms with Crippen molar-refractivity contribution in [2.75, 3.05) is 6.54 Å². The number of benzene rings is 1. The van der Waals surface area contributed by atoms with Crippen LogP contribution in [-0.4, -0.2) is 40.4 Å². The third-order valence-corrected chi connectivity index (χ3v) is 4.74. The van der Waals surface area contributed by atoms with Gasteiger partial charge in [0.1, 0.15) is 11.6 Å². The average molecular weight is 382 g/mol. The molecule has 0 aromatic heterocycles. The Hall–Kier alpha value is -2.51. The molecule has 0 bridgehead atoms. The van der Waals surface area contributed by atoms with Crippen molar-refractivity contribution >= 4 is 17.8 Å². The number of nitrogens with zero attached hydrogens (tertiary/aromatic N) is 1. The van der Waals surface area contributed by atoms with Crippen molar-refractivity contribution in [3.05, 3.63) is 35.4 Å². The van der Waals surface area contributed by atoms with Crippen LogP contribution in [0.25, 0.3) is 0 Å². The SMILES string of the molecule is CC(=O)N[C@H](CC(=O)N1CCCC[C@@H]1CCC(=O)O)c1c(F)cccc1F. The second-order valence-corrected chi connectivity index (χ2v) is 6.76. The first-order valence-corrected chi connectivity index (χ1v) is 9.02. The quantitative estimate of drug-likeness (QED) is 0.759. The highest BCUT2D eigenvalue weighted by Gasteiger charge is 2.31. The van der Waals surface area contributed by atoms with Crippen molar-refractivity contribution in [1.82, 2.24) is 10.2 Å². The van der Waals surface area contributed by atoms with E-state index in [1.807, 2.05) is 0 Å². The lowest BCUT2D eigenvalue weighted by Gasteiger charge is -2.36.